The highest BCUT2D eigenvalue weighted by Crippen LogP contribution is 2.30. The van der Waals surface area contributed by atoms with Crippen molar-refractivity contribution in [1.29, 1.82) is 0 Å². The third-order valence-electron chi connectivity index (χ3n) is 5.62. The number of ether oxygens (including phenoxy) is 2. The number of carbonyl (C=O) groups is 2. The zero-order valence-corrected chi connectivity index (χ0v) is 20.0. The molecule has 4 heteroatoms. The predicted octanol–water partition coefficient (Wildman–Crippen LogP) is 7.58. The molecule has 0 spiro atoms. The van der Waals surface area contributed by atoms with Crippen LogP contribution in [0.5, 0.6) is 0 Å². The molecule has 4 nitrogen and oxygen atoms in total. The van der Waals surface area contributed by atoms with Gasteiger partial charge in [-0.05, 0) is 71.0 Å². The third kappa shape index (κ3) is 6.44. The second kappa shape index (κ2) is 12.5. The number of esters is 2. The first kappa shape index (κ1) is 25.0. The predicted molar refractivity (Wildman–Crippen MR) is 138 cm³/mol. The van der Waals surface area contributed by atoms with Crippen molar-refractivity contribution >= 4 is 18.0 Å². The average Bonchev–Trinajstić information content (AvgIpc) is 2.88. The molecule has 0 N–H and O–H groups in total. The van der Waals surface area contributed by atoms with Gasteiger partial charge in [0, 0.05) is 0 Å². The van der Waals surface area contributed by atoms with Crippen LogP contribution in [-0.4, -0.2) is 25.2 Å². The van der Waals surface area contributed by atoms with E-state index in [1.54, 1.807) is 24.3 Å². The number of benzene rings is 3. The lowest BCUT2D eigenvalue weighted by Crippen LogP contribution is -2.06. The van der Waals surface area contributed by atoms with Crippen LogP contribution in [0.25, 0.3) is 28.3 Å². The highest BCUT2D eigenvalue weighted by molar-refractivity contribution is 5.91. The maximum Gasteiger partial charge on any atom is 0.338 e. The molecule has 0 aromatic heterocycles. The van der Waals surface area contributed by atoms with Gasteiger partial charge in [0.25, 0.3) is 0 Å². The second-order valence-electron chi connectivity index (χ2n) is 8.14. The molecule has 0 aliphatic rings. The molecule has 3 aromatic rings. The van der Waals surface area contributed by atoms with Crippen LogP contribution in [0.2, 0.25) is 0 Å². The van der Waals surface area contributed by atoms with E-state index in [1.165, 1.54) is 0 Å². The molecule has 0 heterocycles. The maximum absolute atomic E-state index is 12.2. The molecule has 0 fully saturated rings. The van der Waals surface area contributed by atoms with Crippen LogP contribution in [0.1, 0.15) is 65.8 Å². The van der Waals surface area contributed by atoms with Crippen LogP contribution in [0, 0.1) is 0 Å². The molecule has 3 rings (SSSR count). The standard InChI is InChI=1S/C30H32O4/c1-4-7-19-33-29(31)25-13-9-23(10-14-25)27-17-18-28(22(6-3)21-27)24-11-15-26(16-12-24)30(32)34-20-8-5-2/h6,9-18,21H,3-5,7-8,19-20H2,1-2H3. The van der Waals surface area contributed by atoms with Gasteiger partial charge in [-0.2, -0.15) is 0 Å². The highest BCUT2D eigenvalue weighted by atomic mass is 16.5. The lowest BCUT2D eigenvalue weighted by molar-refractivity contribution is 0.0490. The van der Waals surface area contributed by atoms with Gasteiger partial charge in [0.15, 0.2) is 0 Å². The van der Waals surface area contributed by atoms with E-state index in [9.17, 15) is 9.59 Å². The lowest BCUT2D eigenvalue weighted by atomic mass is 9.94. The molecule has 0 unspecified atom stereocenters. The second-order valence-corrected chi connectivity index (χ2v) is 8.14. The van der Waals surface area contributed by atoms with Crippen molar-refractivity contribution in [2.24, 2.45) is 0 Å². The summed E-state index contributed by atoms with van der Waals surface area (Å²) in [4.78, 5) is 24.3. The van der Waals surface area contributed by atoms with E-state index in [2.05, 4.69) is 26.5 Å². The topological polar surface area (TPSA) is 52.6 Å². The smallest absolute Gasteiger partial charge is 0.338 e. The van der Waals surface area contributed by atoms with E-state index in [4.69, 9.17) is 9.47 Å². The van der Waals surface area contributed by atoms with Gasteiger partial charge in [0.2, 0.25) is 0 Å². The van der Waals surface area contributed by atoms with Crippen LogP contribution < -0.4 is 0 Å². The first-order chi connectivity index (χ1) is 16.6. The van der Waals surface area contributed by atoms with Gasteiger partial charge in [-0.25, -0.2) is 9.59 Å². The molecule has 0 atom stereocenters. The minimum absolute atomic E-state index is 0.292. The fourth-order valence-corrected chi connectivity index (χ4v) is 3.54. The Labute approximate surface area is 202 Å². The van der Waals surface area contributed by atoms with Crippen LogP contribution in [0.4, 0.5) is 0 Å². The number of hydrogen-bond acceptors (Lipinski definition) is 4. The first-order valence-electron chi connectivity index (χ1n) is 11.9. The SMILES string of the molecule is C=Cc1cc(-c2ccc(C(=O)OCCCC)cc2)ccc1-c1ccc(C(=O)OCCCC)cc1. The minimum Gasteiger partial charge on any atom is -0.462 e. The summed E-state index contributed by atoms with van der Waals surface area (Å²) in [6, 6.07) is 21.1. The minimum atomic E-state index is -0.294. The van der Waals surface area contributed by atoms with Gasteiger partial charge in [-0.3, -0.25) is 0 Å². The van der Waals surface area contributed by atoms with E-state index >= 15 is 0 Å². The van der Waals surface area contributed by atoms with Crippen LogP contribution in [0.3, 0.4) is 0 Å². The highest BCUT2D eigenvalue weighted by Gasteiger charge is 2.11. The number of rotatable bonds is 11. The fraction of sp³-hybridized carbons (Fsp3) is 0.267. The Morgan fingerprint density at radius 2 is 1.18 bits per heavy atom. The summed E-state index contributed by atoms with van der Waals surface area (Å²) in [5.74, 6) is -0.586. The van der Waals surface area contributed by atoms with E-state index in [0.29, 0.717) is 24.3 Å². The molecule has 176 valence electrons. The number of hydrogen-bond donors (Lipinski definition) is 0. The summed E-state index contributed by atoms with van der Waals surface area (Å²) < 4.78 is 10.6. The fourth-order valence-electron chi connectivity index (χ4n) is 3.54. The van der Waals surface area contributed by atoms with Gasteiger partial charge in [0.1, 0.15) is 0 Å². The van der Waals surface area contributed by atoms with Gasteiger partial charge >= 0.3 is 11.9 Å². The average molecular weight is 457 g/mol. The van der Waals surface area contributed by atoms with Crippen LogP contribution >= 0.6 is 0 Å². The molecule has 34 heavy (non-hydrogen) atoms. The molecule has 0 radical (unpaired) electrons. The Bertz CT molecular complexity index is 1110. The van der Waals surface area contributed by atoms with Crippen LogP contribution in [-0.2, 0) is 9.47 Å². The molecule has 0 aliphatic carbocycles. The first-order valence-corrected chi connectivity index (χ1v) is 11.9. The van der Waals surface area contributed by atoms with Crippen molar-refractivity contribution < 1.29 is 19.1 Å². The van der Waals surface area contributed by atoms with Crippen molar-refractivity contribution in [3.05, 3.63) is 90.0 Å². The Morgan fingerprint density at radius 3 is 1.65 bits per heavy atom. The number of carbonyl (C=O) groups excluding carboxylic acids is 2. The maximum atomic E-state index is 12.2. The molecular weight excluding hydrogens is 424 g/mol. The Hall–Kier alpha value is -3.66. The summed E-state index contributed by atoms with van der Waals surface area (Å²) in [7, 11) is 0. The van der Waals surface area contributed by atoms with E-state index in [-0.39, 0.29) is 11.9 Å². The molecule has 0 bridgehead atoms. The molecule has 0 saturated carbocycles. The number of unbranched alkanes of at least 4 members (excludes halogenated alkanes) is 2. The molecular formula is C30H32O4. The summed E-state index contributed by atoms with van der Waals surface area (Å²) >= 11 is 0. The third-order valence-corrected chi connectivity index (χ3v) is 5.62. The van der Waals surface area contributed by atoms with E-state index < -0.39 is 0 Å². The van der Waals surface area contributed by atoms with Gasteiger partial charge in [-0.1, -0.05) is 75.7 Å². The van der Waals surface area contributed by atoms with Crippen molar-refractivity contribution in [2.75, 3.05) is 13.2 Å². The Morgan fingerprint density at radius 1 is 0.706 bits per heavy atom. The molecule has 0 saturated heterocycles. The van der Waals surface area contributed by atoms with E-state index in [0.717, 1.165) is 53.5 Å². The Balaban J connectivity index is 1.75. The van der Waals surface area contributed by atoms with Gasteiger partial charge in [0.05, 0.1) is 24.3 Å². The molecule has 0 aliphatic heterocycles. The normalized spacial score (nSPS) is 10.5. The quantitative estimate of drug-likeness (QED) is 0.220. The van der Waals surface area contributed by atoms with Crippen molar-refractivity contribution in [3.63, 3.8) is 0 Å². The molecule has 3 aromatic carbocycles. The van der Waals surface area contributed by atoms with Crippen molar-refractivity contribution in [2.45, 2.75) is 39.5 Å². The Kier molecular flexibility index (Phi) is 9.21. The zero-order chi connectivity index (χ0) is 24.3. The van der Waals surface area contributed by atoms with Crippen LogP contribution in [0.15, 0.2) is 73.3 Å². The summed E-state index contributed by atoms with van der Waals surface area (Å²) in [6.45, 7) is 8.99. The van der Waals surface area contributed by atoms with Crippen molar-refractivity contribution in [3.8, 4) is 22.3 Å². The van der Waals surface area contributed by atoms with E-state index in [1.807, 2.05) is 42.5 Å². The summed E-state index contributed by atoms with van der Waals surface area (Å²) in [5.41, 5.74) is 6.14. The summed E-state index contributed by atoms with van der Waals surface area (Å²) in [6.07, 6.45) is 5.54. The monoisotopic (exact) mass is 456 g/mol. The zero-order valence-electron chi connectivity index (χ0n) is 20.0. The van der Waals surface area contributed by atoms with Gasteiger partial charge in [-0.15, -0.1) is 0 Å². The van der Waals surface area contributed by atoms with Gasteiger partial charge < -0.3 is 9.47 Å². The molecule has 0 amide bonds. The summed E-state index contributed by atoms with van der Waals surface area (Å²) in [5, 5.41) is 0. The largest absolute Gasteiger partial charge is 0.462 e. The van der Waals surface area contributed by atoms with Crippen molar-refractivity contribution in [1.82, 2.24) is 0 Å². The lowest BCUT2D eigenvalue weighted by Gasteiger charge is -2.11.